The van der Waals surface area contributed by atoms with Crippen LogP contribution in [0.25, 0.3) is 0 Å². The summed E-state index contributed by atoms with van der Waals surface area (Å²) < 4.78 is 0. The highest BCUT2D eigenvalue weighted by Gasteiger charge is 2.20. The molecule has 1 amide bonds. The molecule has 0 radical (unpaired) electrons. The molecule has 1 fully saturated rings. The molecule has 0 saturated carbocycles. The van der Waals surface area contributed by atoms with Gasteiger partial charge < -0.3 is 15.1 Å². The third kappa shape index (κ3) is 5.21. The molecule has 0 atom stereocenters. The van der Waals surface area contributed by atoms with E-state index in [-0.39, 0.29) is 5.91 Å². The highest BCUT2D eigenvalue weighted by molar-refractivity contribution is 5.92. The summed E-state index contributed by atoms with van der Waals surface area (Å²) in [7, 11) is 0. The number of carbonyl (C=O) groups excluding carboxylic acids is 1. The molecule has 0 bridgehead atoms. The van der Waals surface area contributed by atoms with Crippen LogP contribution >= 0.6 is 0 Å². The molecule has 28 heavy (non-hydrogen) atoms. The molecular weight excluding hydrogens is 350 g/mol. The van der Waals surface area contributed by atoms with Gasteiger partial charge in [-0.2, -0.15) is 0 Å². The molecule has 1 N–H and O–H groups in total. The lowest BCUT2D eigenvalue weighted by atomic mass is 10.2. The largest absolute Gasteiger partial charge is 0.368 e. The van der Waals surface area contributed by atoms with Crippen molar-refractivity contribution in [2.45, 2.75) is 40.0 Å². The molecule has 2 heterocycles. The van der Waals surface area contributed by atoms with Crippen molar-refractivity contribution in [3.05, 3.63) is 47.4 Å². The zero-order valence-electron chi connectivity index (χ0n) is 17.2. The van der Waals surface area contributed by atoms with Gasteiger partial charge in [0.1, 0.15) is 17.3 Å². The normalized spacial score (nSPS) is 14.2. The molecule has 1 aliphatic heterocycles. The number of hydrogen-bond acceptors (Lipinski definition) is 5. The van der Waals surface area contributed by atoms with Crippen molar-refractivity contribution < 1.29 is 4.79 Å². The van der Waals surface area contributed by atoms with Gasteiger partial charge in [-0.15, -0.1) is 0 Å². The number of amides is 1. The van der Waals surface area contributed by atoms with Gasteiger partial charge >= 0.3 is 0 Å². The van der Waals surface area contributed by atoms with E-state index in [9.17, 15) is 4.79 Å². The third-order valence-electron chi connectivity index (χ3n) is 5.09. The SMILES string of the molecule is CCCCCNC(=O)c1cc(N2CCN(c3cccc(C)c3)CC2)nc(C)n1. The van der Waals surface area contributed by atoms with Crippen molar-refractivity contribution in [1.82, 2.24) is 15.3 Å². The second-order valence-corrected chi connectivity index (χ2v) is 7.43. The first-order valence-corrected chi connectivity index (χ1v) is 10.3. The Morgan fingerprint density at radius 1 is 1.04 bits per heavy atom. The fourth-order valence-electron chi connectivity index (χ4n) is 3.52. The van der Waals surface area contributed by atoms with Crippen LogP contribution in [0.15, 0.2) is 30.3 Å². The number of benzene rings is 1. The number of unbranched alkanes of at least 4 members (excludes halogenated alkanes) is 2. The number of carbonyl (C=O) groups is 1. The predicted octanol–water partition coefficient (Wildman–Crippen LogP) is 3.34. The van der Waals surface area contributed by atoms with Gasteiger partial charge in [0.05, 0.1) is 0 Å². The summed E-state index contributed by atoms with van der Waals surface area (Å²) in [5.41, 5.74) is 3.01. The van der Waals surface area contributed by atoms with Crippen LogP contribution in [0.2, 0.25) is 0 Å². The molecule has 3 rings (SSSR count). The number of rotatable bonds is 7. The molecule has 6 nitrogen and oxygen atoms in total. The molecule has 2 aromatic rings. The molecule has 1 aromatic heterocycles. The van der Waals surface area contributed by atoms with E-state index in [0.29, 0.717) is 18.1 Å². The quantitative estimate of drug-likeness (QED) is 0.746. The van der Waals surface area contributed by atoms with Gasteiger partial charge in [-0.05, 0) is 38.0 Å². The maximum atomic E-state index is 12.4. The standard InChI is InChI=1S/C22H31N5O/c1-4-5-6-10-23-22(28)20-16-21(25-18(3)24-20)27-13-11-26(12-14-27)19-9-7-8-17(2)15-19/h7-9,15-16H,4-6,10-14H2,1-3H3,(H,23,28). The fraction of sp³-hybridized carbons (Fsp3) is 0.500. The Balaban J connectivity index is 1.63. The van der Waals surface area contributed by atoms with Crippen molar-refractivity contribution in [3.8, 4) is 0 Å². The predicted molar refractivity (Wildman–Crippen MR) is 114 cm³/mol. The monoisotopic (exact) mass is 381 g/mol. The van der Waals surface area contributed by atoms with Crippen LogP contribution in [0.1, 0.15) is 48.1 Å². The lowest BCUT2D eigenvalue weighted by molar-refractivity contribution is 0.0947. The summed E-state index contributed by atoms with van der Waals surface area (Å²) >= 11 is 0. The summed E-state index contributed by atoms with van der Waals surface area (Å²) in [6.45, 7) is 10.4. The maximum Gasteiger partial charge on any atom is 0.270 e. The van der Waals surface area contributed by atoms with Crippen LogP contribution < -0.4 is 15.1 Å². The van der Waals surface area contributed by atoms with E-state index in [1.165, 1.54) is 11.3 Å². The average molecular weight is 382 g/mol. The number of nitrogens with one attached hydrogen (secondary N) is 1. The summed E-state index contributed by atoms with van der Waals surface area (Å²) in [6, 6.07) is 10.4. The molecule has 150 valence electrons. The molecule has 1 aliphatic rings. The van der Waals surface area contributed by atoms with Gasteiger partial charge in [0.15, 0.2) is 0 Å². The summed E-state index contributed by atoms with van der Waals surface area (Å²) in [5.74, 6) is 1.37. The van der Waals surface area contributed by atoms with Crippen molar-refractivity contribution in [2.24, 2.45) is 0 Å². The van der Waals surface area contributed by atoms with Gasteiger partial charge in [0, 0.05) is 44.5 Å². The number of anilines is 2. The Bertz CT molecular complexity index is 799. The van der Waals surface area contributed by atoms with E-state index >= 15 is 0 Å². The van der Waals surface area contributed by atoms with Gasteiger partial charge in [0.2, 0.25) is 0 Å². The smallest absolute Gasteiger partial charge is 0.270 e. The zero-order chi connectivity index (χ0) is 19.9. The number of piperazine rings is 1. The van der Waals surface area contributed by atoms with Crippen LogP contribution in [0, 0.1) is 13.8 Å². The summed E-state index contributed by atoms with van der Waals surface area (Å²) in [4.78, 5) is 26.0. The fourth-order valence-corrected chi connectivity index (χ4v) is 3.52. The lowest BCUT2D eigenvalue weighted by Gasteiger charge is -2.37. The highest BCUT2D eigenvalue weighted by Crippen LogP contribution is 2.21. The van der Waals surface area contributed by atoms with E-state index in [1.807, 2.05) is 13.0 Å². The summed E-state index contributed by atoms with van der Waals surface area (Å²) in [5, 5.41) is 2.97. The first-order valence-electron chi connectivity index (χ1n) is 10.3. The molecular formula is C22H31N5O. The van der Waals surface area contributed by atoms with Crippen molar-refractivity contribution in [2.75, 3.05) is 42.5 Å². The van der Waals surface area contributed by atoms with Crippen LogP contribution in [0.3, 0.4) is 0 Å². The Morgan fingerprint density at radius 3 is 2.50 bits per heavy atom. The topological polar surface area (TPSA) is 61.4 Å². The highest BCUT2D eigenvalue weighted by atomic mass is 16.1. The van der Waals surface area contributed by atoms with E-state index in [2.05, 4.69) is 63.2 Å². The Morgan fingerprint density at radius 2 is 1.79 bits per heavy atom. The van der Waals surface area contributed by atoms with Crippen molar-refractivity contribution in [3.63, 3.8) is 0 Å². The zero-order valence-corrected chi connectivity index (χ0v) is 17.2. The van der Waals surface area contributed by atoms with Crippen LogP contribution in [-0.2, 0) is 0 Å². The number of nitrogens with zero attached hydrogens (tertiary/aromatic N) is 4. The Kier molecular flexibility index (Phi) is 6.85. The van der Waals surface area contributed by atoms with Crippen molar-refractivity contribution >= 4 is 17.4 Å². The molecule has 1 aromatic carbocycles. The minimum absolute atomic E-state index is 0.110. The van der Waals surface area contributed by atoms with E-state index in [1.54, 1.807) is 0 Å². The molecule has 0 spiro atoms. The Hall–Kier alpha value is -2.63. The van der Waals surface area contributed by atoms with Crippen LogP contribution in [-0.4, -0.2) is 48.6 Å². The Labute approximate surface area is 168 Å². The number of hydrogen-bond donors (Lipinski definition) is 1. The number of aryl methyl sites for hydroxylation is 2. The molecule has 0 aliphatic carbocycles. The first-order chi connectivity index (χ1) is 13.6. The van der Waals surface area contributed by atoms with Gasteiger partial charge in [-0.3, -0.25) is 4.79 Å². The summed E-state index contributed by atoms with van der Waals surface area (Å²) in [6.07, 6.45) is 3.26. The second kappa shape index (κ2) is 9.53. The van der Waals surface area contributed by atoms with E-state index in [4.69, 9.17) is 0 Å². The van der Waals surface area contributed by atoms with E-state index in [0.717, 1.165) is 51.3 Å². The second-order valence-electron chi connectivity index (χ2n) is 7.43. The van der Waals surface area contributed by atoms with E-state index < -0.39 is 0 Å². The molecule has 1 saturated heterocycles. The average Bonchev–Trinajstić information content (AvgIpc) is 2.71. The van der Waals surface area contributed by atoms with Gasteiger partial charge in [-0.25, -0.2) is 9.97 Å². The third-order valence-corrected chi connectivity index (χ3v) is 5.09. The van der Waals surface area contributed by atoms with Crippen LogP contribution in [0.5, 0.6) is 0 Å². The van der Waals surface area contributed by atoms with Crippen LogP contribution in [0.4, 0.5) is 11.5 Å². The minimum atomic E-state index is -0.110. The first kappa shape index (κ1) is 20.1. The minimum Gasteiger partial charge on any atom is -0.368 e. The molecule has 6 heteroatoms. The maximum absolute atomic E-state index is 12.4. The lowest BCUT2D eigenvalue weighted by Crippen LogP contribution is -2.47. The van der Waals surface area contributed by atoms with Crippen molar-refractivity contribution in [1.29, 1.82) is 0 Å². The number of aromatic nitrogens is 2. The van der Waals surface area contributed by atoms with Gasteiger partial charge in [-0.1, -0.05) is 31.9 Å². The molecule has 0 unspecified atom stereocenters. The van der Waals surface area contributed by atoms with Gasteiger partial charge in [0.25, 0.3) is 5.91 Å².